The lowest BCUT2D eigenvalue weighted by atomic mass is 9.98. The van der Waals surface area contributed by atoms with Gasteiger partial charge in [0.15, 0.2) is 11.5 Å². The smallest absolute Gasteiger partial charge is 0.236 e. The summed E-state index contributed by atoms with van der Waals surface area (Å²) >= 11 is 0. The predicted octanol–water partition coefficient (Wildman–Crippen LogP) is 1.59. The molecule has 1 aliphatic rings. The number of methoxy groups -OCH3 is 2. The molecule has 1 N–H and O–H groups in total. The third-order valence-electron chi connectivity index (χ3n) is 3.73. The average Bonchev–Trinajstić information content (AvgIpc) is 2.50. The van der Waals surface area contributed by atoms with Crippen LogP contribution in [0.15, 0.2) is 12.1 Å². The van der Waals surface area contributed by atoms with E-state index >= 15 is 0 Å². The van der Waals surface area contributed by atoms with Crippen molar-refractivity contribution in [2.24, 2.45) is 0 Å². The zero-order valence-corrected chi connectivity index (χ0v) is 13.2. The standard InChI is InChI=1S/C16H24N2O3/c1-11(2)17-9-16(19)18-6-5-12-7-14(20-3)15(21-4)8-13(12)10-18/h7-8,11,17H,5-6,9-10H2,1-4H3. The first-order valence-corrected chi connectivity index (χ1v) is 7.30. The molecule has 0 fully saturated rings. The fraction of sp³-hybridized carbons (Fsp3) is 0.562. The average molecular weight is 292 g/mol. The maximum Gasteiger partial charge on any atom is 0.236 e. The zero-order valence-electron chi connectivity index (χ0n) is 13.2. The van der Waals surface area contributed by atoms with Crippen molar-refractivity contribution in [3.05, 3.63) is 23.3 Å². The number of hydrogen-bond donors (Lipinski definition) is 1. The molecule has 1 aromatic rings. The van der Waals surface area contributed by atoms with Crippen LogP contribution in [0.4, 0.5) is 0 Å². The highest BCUT2D eigenvalue weighted by Gasteiger charge is 2.22. The second-order valence-electron chi connectivity index (χ2n) is 5.58. The van der Waals surface area contributed by atoms with Crippen LogP contribution in [0, 0.1) is 0 Å². The summed E-state index contributed by atoms with van der Waals surface area (Å²) in [6.45, 7) is 5.85. The molecule has 0 aliphatic carbocycles. The van der Waals surface area contributed by atoms with Gasteiger partial charge in [-0.05, 0) is 29.7 Å². The first-order chi connectivity index (χ1) is 10.0. The van der Waals surface area contributed by atoms with E-state index in [0.29, 0.717) is 24.9 Å². The number of ether oxygens (including phenoxy) is 2. The van der Waals surface area contributed by atoms with Crippen molar-refractivity contribution in [3.63, 3.8) is 0 Å². The highest BCUT2D eigenvalue weighted by Crippen LogP contribution is 2.33. The molecule has 21 heavy (non-hydrogen) atoms. The van der Waals surface area contributed by atoms with Crippen LogP contribution < -0.4 is 14.8 Å². The molecule has 0 unspecified atom stereocenters. The van der Waals surface area contributed by atoms with Gasteiger partial charge in [0.1, 0.15) is 0 Å². The molecule has 0 atom stereocenters. The van der Waals surface area contributed by atoms with Crippen LogP contribution in [0.3, 0.4) is 0 Å². The second kappa shape index (κ2) is 6.80. The van der Waals surface area contributed by atoms with E-state index < -0.39 is 0 Å². The van der Waals surface area contributed by atoms with Gasteiger partial charge in [-0.2, -0.15) is 0 Å². The van der Waals surface area contributed by atoms with Gasteiger partial charge in [0.2, 0.25) is 5.91 Å². The van der Waals surface area contributed by atoms with E-state index in [1.54, 1.807) is 14.2 Å². The van der Waals surface area contributed by atoms with Crippen LogP contribution in [0.25, 0.3) is 0 Å². The normalized spacial score (nSPS) is 14.0. The highest BCUT2D eigenvalue weighted by atomic mass is 16.5. The molecular formula is C16H24N2O3. The molecule has 1 aliphatic heterocycles. The van der Waals surface area contributed by atoms with Gasteiger partial charge in [-0.1, -0.05) is 13.8 Å². The monoisotopic (exact) mass is 292 g/mol. The second-order valence-corrected chi connectivity index (χ2v) is 5.58. The van der Waals surface area contributed by atoms with Crippen molar-refractivity contribution in [2.45, 2.75) is 32.9 Å². The topological polar surface area (TPSA) is 50.8 Å². The minimum atomic E-state index is 0.143. The lowest BCUT2D eigenvalue weighted by Gasteiger charge is -2.30. The van der Waals surface area contributed by atoms with Gasteiger partial charge < -0.3 is 19.7 Å². The Balaban J connectivity index is 2.11. The van der Waals surface area contributed by atoms with Crippen molar-refractivity contribution in [2.75, 3.05) is 27.3 Å². The Hall–Kier alpha value is -1.75. The van der Waals surface area contributed by atoms with Gasteiger partial charge in [-0.15, -0.1) is 0 Å². The van der Waals surface area contributed by atoms with Gasteiger partial charge in [-0.3, -0.25) is 4.79 Å². The van der Waals surface area contributed by atoms with E-state index in [0.717, 1.165) is 24.3 Å². The molecule has 1 aromatic carbocycles. The molecule has 0 aromatic heterocycles. The molecule has 0 bridgehead atoms. The van der Waals surface area contributed by atoms with Crippen molar-refractivity contribution in [3.8, 4) is 11.5 Å². The quantitative estimate of drug-likeness (QED) is 0.895. The summed E-state index contributed by atoms with van der Waals surface area (Å²) in [5, 5.41) is 3.17. The molecule has 0 saturated heterocycles. The number of carbonyl (C=O) groups excluding carboxylic acids is 1. The third kappa shape index (κ3) is 3.67. The van der Waals surface area contributed by atoms with Crippen LogP contribution in [-0.2, 0) is 17.8 Å². The van der Waals surface area contributed by atoms with Gasteiger partial charge in [-0.25, -0.2) is 0 Å². The number of carbonyl (C=O) groups is 1. The van der Waals surface area contributed by atoms with Gasteiger partial charge in [0.05, 0.1) is 20.8 Å². The molecule has 1 heterocycles. The van der Waals surface area contributed by atoms with Crippen LogP contribution in [-0.4, -0.2) is 44.2 Å². The molecule has 5 nitrogen and oxygen atoms in total. The highest BCUT2D eigenvalue weighted by molar-refractivity contribution is 5.78. The van der Waals surface area contributed by atoms with E-state index in [1.807, 2.05) is 30.9 Å². The number of nitrogens with one attached hydrogen (secondary N) is 1. The van der Waals surface area contributed by atoms with Crippen LogP contribution in [0.2, 0.25) is 0 Å². The Morgan fingerprint density at radius 1 is 1.24 bits per heavy atom. The molecule has 0 saturated carbocycles. The zero-order chi connectivity index (χ0) is 15.4. The number of benzene rings is 1. The number of fused-ring (bicyclic) bond motifs is 1. The number of amides is 1. The Labute approximate surface area is 126 Å². The van der Waals surface area contributed by atoms with Crippen LogP contribution in [0.5, 0.6) is 11.5 Å². The molecule has 5 heteroatoms. The lowest BCUT2D eigenvalue weighted by molar-refractivity contribution is -0.131. The van der Waals surface area contributed by atoms with E-state index in [-0.39, 0.29) is 5.91 Å². The Kier molecular flexibility index (Phi) is 5.07. The summed E-state index contributed by atoms with van der Waals surface area (Å²) in [5.41, 5.74) is 2.37. The van der Waals surface area contributed by atoms with E-state index in [1.165, 1.54) is 5.56 Å². The van der Waals surface area contributed by atoms with Gasteiger partial charge >= 0.3 is 0 Å². The summed E-state index contributed by atoms with van der Waals surface area (Å²) in [6, 6.07) is 4.31. The number of nitrogens with zero attached hydrogens (tertiary/aromatic N) is 1. The largest absolute Gasteiger partial charge is 0.493 e. The van der Waals surface area contributed by atoms with E-state index in [2.05, 4.69) is 5.32 Å². The maximum atomic E-state index is 12.2. The van der Waals surface area contributed by atoms with Gasteiger partial charge in [0, 0.05) is 19.1 Å². The van der Waals surface area contributed by atoms with E-state index in [9.17, 15) is 4.79 Å². The fourth-order valence-electron chi connectivity index (χ4n) is 2.50. The summed E-state index contributed by atoms with van der Waals surface area (Å²) in [4.78, 5) is 14.1. The Morgan fingerprint density at radius 2 is 1.86 bits per heavy atom. The van der Waals surface area contributed by atoms with Crippen molar-refractivity contribution in [1.82, 2.24) is 10.2 Å². The molecule has 0 spiro atoms. The van der Waals surface area contributed by atoms with Crippen molar-refractivity contribution in [1.29, 1.82) is 0 Å². The Bertz CT molecular complexity index is 514. The minimum Gasteiger partial charge on any atom is -0.493 e. The molecule has 1 amide bonds. The van der Waals surface area contributed by atoms with Crippen molar-refractivity contribution >= 4 is 5.91 Å². The lowest BCUT2D eigenvalue weighted by Crippen LogP contribution is -2.42. The number of hydrogen-bond acceptors (Lipinski definition) is 4. The molecule has 0 radical (unpaired) electrons. The first-order valence-electron chi connectivity index (χ1n) is 7.30. The maximum absolute atomic E-state index is 12.2. The summed E-state index contributed by atoms with van der Waals surface area (Å²) in [6.07, 6.45) is 0.850. The predicted molar refractivity (Wildman–Crippen MR) is 81.8 cm³/mol. The molecule has 2 rings (SSSR count). The minimum absolute atomic E-state index is 0.143. The van der Waals surface area contributed by atoms with Crippen LogP contribution in [0.1, 0.15) is 25.0 Å². The summed E-state index contributed by atoms with van der Waals surface area (Å²) in [5.74, 6) is 1.60. The fourth-order valence-corrected chi connectivity index (χ4v) is 2.50. The van der Waals surface area contributed by atoms with Crippen molar-refractivity contribution < 1.29 is 14.3 Å². The Morgan fingerprint density at radius 3 is 2.43 bits per heavy atom. The number of rotatable bonds is 5. The van der Waals surface area contributed by atoms with Crippen LogP contribution >= 0.6 is 0 Å². The van der Waals surface area contributed by atoms with E-state index in [4.69, 9.17) is 9.47 Å². The third-order valence-corrected chi connectivity index (χ3v) is 3.73. The van der Waals surface area contributed by atoms with Gasteiger partial charge in [0.25, 0.3) is 0 Å². The molecule has 116 valence electrons. The first kappa shape index (κ1) is 15.6. The summed E-state index contributed by atoms with van der Waals surface area (Å²) < 4.78 is 10.7. The SMILES string of the molecule is COc1cc2c(cc1OC)CN(C(=O)CNC(C)C)CC2. The molecular weight excluding hydrogens is 268 g/mol. The summed E-state index contributed by atoms with van der Waals surface area (Å²) in [7, 11) is 3.27.